The fourth-order valence-electron chi connectivity index (χ4n) is 3.07. The molecule has 1 aromatic heterocycles. The molecule has 1 aliphatic rings. The molecule has 0 radical (unpaired) electrons. The molecule has 2 aromatic rings. The molecular formula is C17H22N2O2. The lowest BCUT2D eigenvalue weighted by Crippen LogP contribution is -2.31. The lowest BCUT2D eigenvalue weighted by Gasteiger charge is -2.27. The second-order valence-corrected chi connectivity index (χ2v) is 5.96. The summed E-state index contributed by atoms with van der Waals surface area (Å²) >= 11 is 0. The Morgan fingerprint density at radius 2 is 2.29 bits per heavy atom. The zero-order valence-corrected chi connectivity index (χ0v) is 12.4. The maximum atomic E-state index is 9.30. The van der Waals surface area contributed by atoms with E-state index >= 15 is 0 Å². The fourth-order valence-corrected chi connectivity index (χ4v) is 3.07. The first-order valence-electron chi connectivity index (χ1n) is 7.51. The maximum absolute atomic E-state index is 9.30. The predicted molar refractivity (Wildman–Crippen MR) is 84.5 cm³/mol. The van der Waals surface area contributed by atoms with Gasteiger partial charge in [-0.1, -0.05) is 18.2 Å². The topological polar surface area (TPSA) is 54.4 Å². The van der Waals surface area contributed by atoms with Crippen molar-refractivity contribution in [1.29, 1.82) is 0 Å². The first-order chi connectivity index (χ1) is 10.2. The summed E-state index contributed by atoms with van der Waals surface area (Å²) in [6, 6.07) is 8.26. The second-order valence-electron chi connectivity index (χ2n) is 5.96. The highest BCUT2D eigenvalue weighted by Crippen LogP contribution is 2.33. The third-order valence-electron chi connectivity index (χ3n) is 4.45. The quantitative estimate of drug-likeness (QED) is 0.887. The number of hydrogen-bond acceptors (Lipinski definition) is 4. The Hall–Kier alpha value is -1.65. The van der Waals surface area contributed by atoms with Crippen LogP contribution in [0.2, 0.25) is 0 Å². The molecule has 2 N–H and O–H groups in total. The van der Waals surface area contributed by atoms with Crippen LogP contribution in [-0.4, -0.2) is 36.5 Å². The maximum Gasteiger partial charge on any atom is 0.0751 e. The van der Waals surface area contributed by atoms with Gasteiger partial charge in [-0.3, -0.25) is 4.98 Å². The Morgan fingerprint density at radius 1 is 1.38 bits per heavy atom. The summed E-state index contributed by atoms with van der Waals surface area (Å²) < 4.78 is 5.54. The minimum Gasteiger partial charge on any atom is -0.396 e. The van der Waals surface area contributed by atoms with Crippen molar-refractivity contribution in [2.45, 2.75) is 19.8 Å². The van der Waals surface area contributed by atoms with Crippen LogP contribution in [0.4, 0.5) is 5.69 Å². The summed E-state index contributed by atoms with van der Waals surface area (Å²) in [5.74, 6) is 0. The van der Waals surface area contributed by atoms with Crippen LogP contribution in [0.15, 0.2) is 30.5 Å². The van der Waals surface area contributed by atoms with Gasteiger partial charge in [-0.05, 0) is 31.4 Å². The zero-order valence-electron chi connectivity index (χ0n) is 12.4. The lowest BCUT2D eigenvalue weighted by atomic mass is 9.84. The van der Waals surface area contributed by atoms with Crippen molar-refractivity contribution < 1.29 is 9.84 Å². The first kappa shape index (κ1) is 14.3. The molecule has 1 atom stereocenters. The van der Waals surface area contributed by atoms with Gasteiger partial charge in [-0.2, -0.15) is 0 Å². The third kappa shape index (κ3) is 2.87. The molecule has 1 saturated heterocycles. The Kier molecular flexibility index (Phi) is 4.08. The Labute approximate surface area is 125 Å². The summed E-state index contributed by atoms with van der Waals surface area (Å²) in [7, 11) is 0. The number of ether oxygens (including phenoxy) is 1. The molecule has 21 heavy (non-hydrogen) atoms. The van der Waals surface area contributed by atoms with Crippen molar-refractivity contribution in [1.82, 2.24) is 4.98 Å². The number of para-hydroxylation sites is 1. The van der Waals surface area contributed by atoms with Gasteiger partial charge in [0, 0.05) is 42.4 Å². The van der Waals surface area contributed by atoms with E-state index in [1.54, 1.807) is 0 Å². The molecule has 1 aliphatic heterocycles. The minimum atomic E-state index is 0.0498. The Morgan fingerprint density at radius 3 is 3.05 bits per heavy atom. The Bertz CT molecular complexity index is 621. The van der Waals surface area contributed by atoms with E-state index in [1.165, 1.54) is 5.56 Å². The SMILES string of the molecule is Cc1cccc2c(NCC3(CCO)CCOC3)ccnc12. The van der Waals surface area contributed by atoms with Crippen LogP contribution in [0.3, 0.4) is 0 Å². The van der Waals surface area contributed by atoms with Gasteiger partial charge < -0.3 is 15.2 Å². The van der Waals surface area contributed by atoms with Gasteiger partial charge in [0.25, 0.3) is 0 Å². The molecule has 0 spiro atoms. The molecule has 1 fully saturated rings. The van der Waals surface area contributed by atoms with Crippen molar-refractivity contribution in [3.05, 3.63) is 36.0 Å². The number of hydrogen-bond donors (Lipinski definition) is 2. The van der Waals surface area contributed by atoms with E-state index < -0.39 is 0 Å². The molecule has 3 rings (SSSR count). The number of fused-ring (bicyclic) bond motifs is 1. The molecule has 2 heterocycles. The van der Waals surface area contributed by atoms with E-state index in [9.17, 15) is 5.11 Å². The Balaban J connectivity index is 1.83. The van der Waals surface area contributed by atoms with E-state index in [0.717, 1.165) is 49.2 Å². The minimum absolute atomic E-state index is 0.0498. The smallest absolute Gasteiger partial charge is 0.0751 e. The van der Waals surface area contributed by atoms with Crippen LogP contribution in [0.5, 0.6) is 0 Å². The molecule has 1 aromatic carbocycles. The number of aryl methyl sites for hydroxylation is 1. The number of anilines is 1. The fraction of sp³-hybridized carbons (Fsp3) is 0.471. The largest absolute Gasteiger partial charge is 0.396 e. The molecule has 0 bridgehead atoms. The van der Waals surface area contributed by atoms with Crippen molar-refractivity contribution in [3.8, 4) is 0 Å². The van der Waals surface area contributed by atoms with Crippen LogP contribution >= 0.6 is 0 Å². The number of pyridine rings is 1. The summed E-state index contributed by atoms with van der Waals surface area (Å²) in [5, 5.41) is 14.0. The van der Waals surface area contributed by atoms with Gasteiger partial charge in [0.2, 0.25) is 0 Å². The number of nitrogens with one attached hydrogen (secondary N) is 1. The monoisotopic (exact) mass is 286 g/mol. The van der Waals surface area contributed by atoms with Crippen LogP contribution in [-0.2, 0) is 4.74 Å². The normalized spacial score (nSPS) is 21.8. The average Bonchev–Trinajstić information content (AvgIpc) is 2.95. The molecular weight excluding hydrogens is 264 g/mol. The molecule has 0 aliphatic carbocycles. The summed E-state index contributed by atoms with van der Waals surface area (Å²) in [6.45, 7) is 4.62. The standard InChI is InChI=1S/C17H22N2O2/c1-13-3-2-4-14-15(5-8-18-16(13)14)19-11-17(6-9-20)7-10-21-12-17/h2-5,8,20H,6-7,9-12H2,1H3,(H,18,19). The van der Waals surface area contributed by atoms with Gasteiger partial charge in [0.15, 0.2) is 0 Å². The molecule has 4 heteroatoms. The number of nitrogens with zero attached hydrogens (tertiary/aromatic N) is 1. The van der Waals surface area contributed by atoms with Gasteiger partial charge >= 0.3 is 0 Å². The number of aromatic nitrogens is 1. The second kappa shape index (κ2) is 6.00. The van der Waals surface area contributed by atoms with Crippen LogP contribution < -0.4 is 5.32 Å². The number of rotatable bonds is 5. The van der Waals surface area contributed by atoms with Crippen LogP contribution in [0, 0.1) is 12.3 Å². The van der Waals surface area contributed by atoms with Gasteiger partial charge in [-0.25, -0.2) is 0 Å². The van der Waals surface area contributed by atoms with E-state index in [0.29, 0.717) is 0 Å². The molecule has 1 unspecified atom stereocenters. The number of benzene rings is 1. The highest BCUT2D eigenvalue weighted by Gasteiger charge is 2.34. The number of aliphatic hydroxyl groups is 1. The van der Waals surface area contributed by atoms with E-state index in [4.69, 9.17) is 4.74 Å². The van der Waals surface area contributed by atoms with E-state index in [1.807, 2.05) is 12.3 Å². The van der Waals surface area contributed by atoms with Gasteiger partial charge in [0.1, 0.15) is 0 Å². The summed E-state index contributed by atoms with van der Waals surface area (Å²) in [6.07, 6.45) is 3.63. The molecule has 112 valence electrons. The van der Waals surface area contributed by atoms with E-state index in [2.05, 4.69) is 35.4 Å². The van der Waals surface area contributed by atoms with Crippen LogP contribution in [0.25, 0.3) is 10.9 Å². The predicted octanol–water partition coefficient (Wildman–Crippen LogP) is 2.74. The van der Waals surface area contributed by atoms with E-state index in [-0.39, 0.29) is 12.0 Å². The van der Waals surface area contributed by atoms with Gasteiger partial charge in [0.05, 0.1) is 12.1 Å². The first-order valence-corrected chi connectivity index (χ1v) is 7.51. The third-order valence-corrected chi connectivity index (χ3v) is 4.45. The highest BCUT2D eigenvalue weighted by atomic mass is 16.5. The van der Waals surface area contributed by atoms with Crippen LogP contribution in [0.1, 0.15) is 18.4 Å². The average molecular weight is 286 g/mol. The lowest BCUT2D eigenvalue weighted by molar-refractivity contribution is 0.133. The molecule has 0 saturated carbocycles. The van der Waals surface area contributed by atoms with Gasteiger partial charge in [-0.15, -0.1) is 0 Å². The highest BCUT2D eigenvalue weighted by molar-refractivity contribution is 5.92. The molecule has 4 nitrogen and oxygen atoms in total. The molecule has 0 amide bonds. The zero-order chi connectivity index (χ0) is 14.7. The number of aliphatic hydroxyl groups excluding tert-OH is 1. The van der Waals surface area contributed by atoms with Crippen molar-refractivity contribution in [2.24, 2.45) is 5.41 Å². The summed E-state index contributed by atoms with van der Waals surface area (Å²) in [5.41, 5.74) is 3.38. The van der Waals surface area contributed by atoms with Crippen molar-refractivity contribution in [2.75, 3.05) is 31.7 Å². The van der Waals surface area contributed by atoms with Crippen molar-refractivity contribution in [3.63, 3.8) is 0 Å². The van der Waals surface area contributed by atoms with Crippen molar-refractivity contribution >= 4 is 16.6 Å². The summed E-state index contributed by atoms with van der Waals surface area (Å²) in [4.78, 5) is 4.47.